The van der Waals surface area contributed by atoms with Crippen molar-refractivity contribution in [2.24, 2.45) is 0 Å². The van der Waals surface area contributed by atoms with Crippen LogP contribution in [0, 0.1) is 6.92 Å². The molecule has 11 heteroatoms. The van der Waals surface area contributed by atoms with Crippen LogP contribution in [0.5, 0.6) is 5.75 Å². The molecule has 0 saturated heterocycles. The predicted octanol–water partition coefficient (Wildman–Crippen LogP) is 3.92. The normalized spacial score (nSPS) is 11.5. The van der Waals surface area contributed by atoms with Crippen molar-refractivity contribution in [3.8, 4) is 5.75 Å². The maximum atomic E-state index is 12.7. The van der Waals surface area contributed by atoms with Crippen LogP contribution in [0.4, 0.5) is 13.2 Å². The topological polar surface area (TPSA) is 74.0 Å². The van der Waals surface area contributed by atoms with Gasteiger partial charge in [0.15, 0.2) is 12.4 Å². The summed E-state index contributed by atoms with van der Waals surface area (Å²) in [4.78, 5) is 12.4. The van der Waals surface area contributed by atoms with Crippen LogP contribution in [-0.4, -0.2) is 32.0 Å². The second-order valence-corrected chi connectivity index (χ2v) is 6.83. The summed E-state index contributed by atoms with van der Waals surface area (Å²) in [5, 5.41) is 10.8. The molecule has 1 aromatic carbocycles. The minimum absolute atomic E-state index is 0.00775. The summed E-state index contributed by atoms with van der Waals surface area (Å²) in [5.74, 6) is 0.0947. The summed E-state index contributed by atoms with van der Waals surface area (Å²) in [6, 6.07) is 9.47. The van der Waals surface area contributed by atoms with Gasteiger partial charge in [-0.25, -0.2) is 4.68 Å². The van der Waals surface area contributed by atoms with Crippen molar-refractivity contribution < 1.29 is 22.7 Å². The summed E-state index contributed by atoms with van der Waals surface area (Å²) < 4.78 is 46.4. The average molecular weight is 442 g/mol. The molecule has 1 amide bonds. The van der Waals surface area contributed by atoms with Crippen molar-refractivity contribution >= 4 is 17.5 Å². The number of nitrogens with zero attached hydrogens (tertiary/aromatic N) is 4. The van der Waals surface area contributed by atoms with E-state index in [0.29, 0.717) is 22.9 Å². The molecule has 0 aliphatic heterocycles. The number of rotatable bonds is 8. The van der Waals surface area contributed by atoms with Crippen LogP contribution in [0.2, 0.25) is 5.02 Å². The van der Waals surface area contributed by atoms with Gasteiger partial charge in [-0.15, -0.1) is 0 Å². The third-order valence-electron chi connectivity index (χ3n) is 4.23. The summed E-state index contributed by atoms with van der Waals surface area (Å²) in [6.07, 6.45) is -2.60. The molecule has 30 heavy (non-hydrogen) atoms. The first-order valence-corrected chi connectivity index (χ1v) is 9.42. The molecule has 3 rings (SSSR count). The average Bonchev–Trinajstić information content (AvgIpc) is 3.31. The molecule has 0 fully saturated rings. The number of amides is 1. The number of aryl methyl sites for hydroxylation is 2. The Kier molecular flexibility index (Phi) is 6.66. The first-order valence-electron chi connectivity index (χ1n) is 9.04. The number of para-hydroxylation sites is 1. The molecule has 3 aromatic rings. The van der Waals surface area contributed by atoms with Gasteiger partial charge in [0.05, 0.1) is 5.02 Å². The van der Waals surface area contributed by atoms with Crippen molar-refractivity contribution in [2.45, 2.75) is 32.8 Å². The number of halogens is 4. The Morgan fingerprint density at radius 1 is 1.23 bits per heavy atom. The zero-order chi connectivity index (χ0) is 21.7. The monoisotopic (exact) mass is 441 g/mol. The molecule has 2 aromatic heterocycles. The van der Waals surface area contributed by atoms with Gasteiger partial charge in [-0.3, -0.25) is 9.48 Å². The highest BCUT2D eigenvalue weighted by Crippen LogP contribution is 2.28. The van der Waals surface area contributed by atoms with E-state index in [4.69, 9.17) is 16.3 Å². The maximum absolute atomic E-state index is 12.7. The molecular formula is C19H19ClF3N5O2. The van der Waals surface area contributed by atoms with Gasteiger partial charge in [-0.05, 0) is 37.6 Å². The van der Waals surface area contributed by atoms with Crippen LogP contribution in [0.15, 0.2) is 42.6 Å². The molecule has 0 bridgehead atoms. The highest BCUT2D eigenvalue weighted by atomic mass is 35.5. The van der Waals surface area contributed by atoms with E-state index in [0.717, 1.165) is 6.07 Å². The third-order valence-corrected chi connectivity index (χ3v) is 4.54. The van der Waals surface area contributed by atoms with Crippen LogP contribution >= 0.6 is 11.6 Å². The zero-order valence-electron chi connectivity index (χ0n) is 16.0. The molecule has 7 nitrogen and oxygen atoms in total. The fourth-order valence-corrected chi connectivity index (χ4v) is 2.91. The summed E-state index contributed by atoms with van der Waals surface area (Å²) >= 11 is 6.04. The van der Waals surface area contributed by atoms with Gasteiger partial charge in [0.1, 0.15) is 11.4 Å². The Morgan fingerprint density at radius 2 is 2.00 bits per heavy atom. The van der Waals surface area contributed by atoms with Crippen LogP contribution in [-0.2, 0) is 19.5 Å². The van der Waals surface area contributed by atoms with Crippen LogP contribution in [0.3, 0.4) is 0 Å². The highest BCUT2D eigenvalue weighted by Gasteiger charge is 2.34. The minimum atomic E-state index is -4.48. The number of nitrogens with one attached hydrogen (secondary N) is 1. The molecule has 0 aliphatic rings. The lowest BCUT2D eigenvalue weighted by atomic mass is 10.3. The number of carbonyl (C=O) groups is 1. The van der Waals surface area contributed by atoms with Crippen molar-refractivity contribution in [2.75, 3.05) is 6.54 Å². The number of ether oxygens (including phenoxy) is 1. The van der Waals surface area contributed by atoms with E-state index in [-0.39, 0.29) is 31.4 Å². The van der Waals surface area contributed by atoms with E-state index in [1.807, 2.05) is 0 Å². The fraction of sp³-hybridized carbons (Fsp3) is 0.316. The Labute approximate surface area is 175 Å². The van der Waals surface area contributed by atoms with Crippen LogP contribution in [0.25, 0.3) is 0 Å². The van der Waals surface area contributed by atoms with E-state index < -0.39 is 11.9 Å². The van der Waals surface area contributed by atoms with Crippen LogP contribution in [0.1, 0.15) is 28.3 Å². The van der Waals surface area contributed by atoms with Crippen LogP contribution < -0.4 is 10.1 Å². The number of hydrogen-bond acceptors (Lipinski definition) is 4. The van der Waals surface area contributed by atoms with E-state index in [2.05, 4.69) is 15.5 Å². The van der Waals surface area contributed by atoms with Gasteiger partial charge in [0.2, 0.25) is 0 Å². The molecule has 0 spiro atoms. The highest BCUT2D eigenvalue weighted by molar-refractivity contribution is 6.32. The Morgan fingerprint density at radius 3 is 2.70 bits per heavy atom. The van der Waals surface area contributed by atoms with Gasteiger partial charge in [-0.2, -0.15) is 23.4 Å². The molecule has 0 unspecified atom stereocenters. The van der Waals surface area contributed by atoms with Gasteiger partial charge in [0.25, 0.3) is 5.91 Å². The SMILES string of the molecule is Cc1cc(C(F)(F)F)nn1CCCNC(=O)c1ccnn1COc1ccccc1Cl. The summed E-state index contributed by atoms with van der Waals surface area (Å²) in [6.45, 7) is 2.05. The quantitative estimate of drug-likeness (QED) is 0.538. The number of benzene rings is 1. The number of hydrogen-bond donors (Lipinski definition) is 1. The van der Waals surface area contributed by atoms with E-state index in [9.17, 15) is 18.0 Å². The molecule has 160 valence electrons. The van der Waals surface area contributed by atoms with E-state index in [1.165, 1.54) is 15.6 Å². The number of carbonyl (C=O) groups excluding carboxylic acids is 1. The Bertz CT molecular complexity index is 1020. The summed E-state index contributed by atoms with van der Waals surface area (Å²) in [5.41, 5.74) is -0.230. The van der Waals surface area contributed by atoms with Crippen molar-refractivity contribution in [3.05, 3.63) is 64.7 Å². The molecule has 2 heterocycles. The van der Waals surface area contributed by atoms with Gasteiger partial charge < -0.3 is 10.1 Å². The number of aromatic nitrogens is 4. The lowest BCUT2D eigenvalue weighted by Crippen LogP contribution is -2.28. The van der Waals surface area contributed by atoms with Gasteiger partial charge in [-0.1, -0.05) is 23.7 Å². The molecule has 0 radical (unpaired) electrons. The predicted molar refractivity (Wildman–Crippen MR) is 103 cm³/mol. The third kappa shape index (κ3) is 5.32. The lowest BCUT2D eigenvalue weighted by Gasteiger charge is -2.11. The lowest BCUT2D eigenvalue weighted by molar-refractivity contribution is -0.141. The van der Waals surface area contributed by atoms with Crippen molar-refractivity contribution in [1.82, 2.24) is 24.9 Å². The Balaban J connectivity index is 1.50. The van der Waals surface area contributed by atoms with Crippen molar-refractivity contribution in [1.29, 1.82) is 0 Å². The second kappa shape index (κ2) is 9.21. The zero-order valence-corrected chi connectivity index (χ0v) is 16.7. The van der Waals surface area contributed by atoms with Crippen molar-refractivity contribution in [3.63, 3.8) is 0 Å². The molecule has 1 N–H and O–H groups in total. The molecule has 0 atom stereocenters. The van der Waals surface area contributed by atoms with Gasteiger partial charge in [0, 0.05) is 25.0 Å². The maximum Gasteiger partial charge on any atom is 0.435 e. The van der Waals surface area contributed by atoms with E-state index in [1.54, 1.807) is 37.3 Å². The molecular weight excluding hydrogens is 423 g/mol. The standard InChI is InChI=1S/C19H19ClF3N5O2/c1-13-11-17(19(21,22)23)26-27(13)10-4-8-24-18(29)15-7-9-25-28(15)12-30-16-6-3-2-5-14(16)20/h2-3,5-7,9,11H,4,8,10,12H2,1H3,(H,24,29). The largest absolute Gasteiger partial charge is 0.470 e. The smallest absolute Gasteiger partial charge is 0.435 e. The summed E-state index contributed by atoms with van der Waals surface area (Å²) in [7, 11) is 0. The first kappa shape index (κ1) is 21.7. The minimum Gasteiger partial charge on any atom is -0.470 e. The fourth-order valence-electron chi connectivity index (χ4n) is 2.72. The number of alkyl halides is 3. The first-order chi connectivity index (χ1) is 14.3. The Hall–Kier alpha value is -3.01. The molecule has 0 saturated carbocycles. The molecule has 0 aliphatic carbocycles. The second-order valence-electron chi connectivity index (χ2n) is 6.42. The van der Waals surface area contributed by atoms with Gasteiger partial charge >= 0.3 is 6.18 Å². The van der Waals surface area contributed by atoms with E-state index >= 15 is 0 Å².